The molecule has 1 saturated heterocycles. The smallest absolute Gasteiger partial charge is 0.214 e. The van der Waals surface area contributed by atoms with E-state index in [1.165, 1.54) is 0 Å². The molecule has 0 unspecified atom stereocenters. The lowest BCUT2D eigenvalue weighted by molar-refractivity contribution is 0.277. The van der Waals surface area contributed by atoms with Gasteiger partial charge in [0, 0.05) is 6.54 Å². The van der Waals surface area contributed by atoms with E-state index >= 15 is 0 Å². The van der Waals surface area contributed by atoms with Gasteiger partial charge in [-0.15, -0.1) is 0 Å². The summed E-state index contributed by atoms with van der Waals surface area (Å²) >= 11 is 0. The van der Waals surface area contributed by atoms with Gasteiger partial charge in [-0.2, -0.15) is 0 Å². The lowest BCUT2D eigenvalue weighted by Gasteiger charge is -2.28. The second kappa shape index (κ2) is 5.82. The van der Waals surface area contributed by atoms with Crippen molar-refractivity contribution in [2.24, 2.45) is 0 Å². The summed E-state index contributed by atoms with van der Waals surface area (Å²) in [5.74, 6) is 0. The molecule has 2 rings (SSSR count). The second-order valence-corrected chi connectivity index (χ2v) is 6.90. The number of hydrogen-bond acceptors (Lipinski definition) is 3. The first-order valence-corrected chi connectivity index (χ1v) is 7.83. The van der Waals surface area contributed by atoms with Gasteiger partial charge in [-0.25, -0.2) is 13.1 Å². The van der Waals surface area contributed by atoms with E-state index in [1.807, 2.05) is 37.4 Å². The van der Waals surface area contributed by atoms with Crippen molar-refractivity contribution in [1.29, 1.82) is 0 Å². The van der Waals surface area contributed by atoms with Crippen LogP contribution in [-0.4, -0.2) is 38.7 Å². The number of benzene rings is 1. The molecule has 0 radical (unpaired) electrons. The van der Waals surface area contributed by atoms with Gasteiger partial charge in [0.05, 0.1) is 5.25 Å². The number of hydrogen-bond donors (Lipinski definition) is 1. The van der Waals surface area contributed by atoms with E-state index in [4.69, 9.17) is 0 Å². The summed E-state index contributed by atoms with van der Waals surface area (Å²) in [5.41, 5.74) is 0.994. The molecular formula is C13H20N2O2S. The third-order valence-electron chi connectivity index (χ3n) is 3.42. The lowest BCUT2D eigenvalue weighted by atomic mass is 10.1. The van der Waals surface area contributed by atoms with E-state index in [0.717, 1.165) is 31.5 Å². The Hall–Kier alpha value is -0.910. The van der Waals surface area contributed by atoms with Crippen LogP contribution in [-0.2, 0) is 16.6 Å². The van der Waals surface area contributed by atoms with E-state index in [-0.39, 0.29) is 5.25 Å². The zero-order chi connectivity index (χ0) is 13.0. The van der Waals surface area contributed by atoms with Crippen LogP contribution in [0.3, 0.4) is 0 Å². The first kappa shape index (κ1) is 13.5. The number of sulfonamides is 1. The summed E-state index contributed by atoms with van der Waals surface area (Å²) in [6.07, 6.45) is 1.45. The summed E-state index contributed by atoms with van der Waals surface area (Å²) < 4.78 is 27.0. The number of likely N-dealkylation sites (tertiary alicyclic amines) is 1. The van der Waals surface area contributed by atoms with Crippen molar-refractivity contribution in [3.05, 3.63) is 35.9 Å². The Kier molecular flexibility index (Phi) is 4.37. The number of nitrogens with one attached hydrogen (secondary N) is 1. The topological polar surface area (TPSA) is 49.4 Å². The third kappa shape index (κ3) is 3.54. The minimum absolute atomic E-state index is 0.239. The zero-order valence-electron chi connectivity index (χ0n) is 10.7. The molecule has 0 aromatic heterocycles. The molecule has 0 bridgehead atoms. The molecule has 4 nitrogen and oxygen atoms in total. The molecule has 0 spiro atoms. The molecule has 1 aromatic rings. The number of nitrogens with zero attached hydrogens (tertiary/aromatic N) is 1. The van der Waals surface area contributed by atoms with Crippen molar-refractivity contribution in [3.63, 3.8) is 0 Å². The van der Waals surface area contributed by atoms with Gasteiger partial charge in [0.1, 0.15) is 0 Å². The molecule has 1 N–H and O–H groups in total. The monoisotopic (exact) mass is 268 g/mol. The minimum atomic E-state index is -3.18. The fourth-order valence-electron chi connectivity index (χ4n) is 2.19. The Balaban J connectivity index is 1.91. The van der Waals surface area contributed by atoms with Crippen LogP contribution < -0.4 is 4.72 Å². The van der Waals surface area contributed by atoms with Crippen LogP contribution in [0, 0.1) is 0 Å². The van der Waals surface area contributed by atoms with Crippen LogP contribution in [0.4, 0.5) is 0 Å². The third-order valence-corrected chi connectivity index (χ3v) is 5.32. The normalized spacial score (nSPS) is 18.9. The summed E-state index contributed by atoms with van der Waals surface area (Å²) in [5, 5.41) is -0.239. The van der Waals surface area contributed by atoms with Crippen LogP contribution in [0.2, 0.25) is 0 Å². The molecule has 1 aliphatic heterocycles. The average molecular weight is 268 g/mol. The Bertz CT molecular complexity index is 465. The van der Waals surface area contributed by atoms with E-state index in [1.54, 1.807) is 0 Å². The van der Waals surface area contributed by atoms with Gasteiger partial charge in [0.2, 0.25) is 10.0 Å². The first-order chi connectivity index (χ1) is 8.58. The maximum absolute atomic E-state index is 12.1. The fraction of sp³-hybridized carbons (Fsp3) is 0.538. The molecule has 0 saturated carbocycles. The highest BCUT2D eigenvalue weighted by Crippen LogP contribution is 2.16. The van der Waals surface area contributed by atoms with Crippen molar-refractivity contribution < 1.29 is 8.42 Å². The van der Waals surface area contributed by atoms with Gasteiger partial charge >= 0.3 is 0 Å². The SMILES string of the molecule is CN1CCC(S(=O)(=O)NCc2ccccc2)CC1. The quantitative estimate of drug-likeness (QED) is 0.892. The first-order valence-electron chi connectivity index (χ1n) is 6.29. The van der Waals surface area contributed by atoms with Crippen molar-refractivity contribution in [1.82, 2.24) is 9.62 Å². The highest BCUT2D eigenvalue weighted by Gasteiger charge is 2.28. The van der Waals surface area contributed by atoms with Crippen molar-refractivity contribution in [3.8, 4) is 0 Å². The van der Waals surface area contributed by atoms with Crippen LogP contribution >= 0.6 is 0 Å². The molecule has 0 atom stereocenters. The number of rotatable bonds is 4. The van der Waals surface area contributed by atoms with E-state index in [9.17, 15) is 8.42 Å². The Morgan fingerprint density at radius 3 is 2.44 bits per heavy atom. The van der Waals surface area contributed by atoms with Crippen LogP contribution in [0.5, 0.6) is 0 Å². The maximum atomic E-state index is 12.1. The van der Waals surface area contributed by atoms with Crippen molar-refractivity contribution >= 4 is 10.0 Å². The Morgan fingerprint density at radius 2 is 1.83 bits per heavy atom. The van der Waals surface area contributed by atoms with Crippen molar-refractivity contribution in [2.45, 2.75) is 24.6 Å². The highest BCUT2D eigenvalue weighted by atomic mass is 32.2. The predicted octanol–water partition coefficient (Wildman–Crippen LogP) is 1.20. The molecule has 100 valence electrons. The molecule has 18 heavy (non-hydrogen) atoms. The molecular weight excluding hydrogens is 248 g/mol. The molecule has 0 amide bonds. The predicted molar refractivity (Wildman–Crippen MR) is 72.7 cm³/mol. The van der Waals surface area contributed by atoms with Gasteiger partial charge in [0.15, 0.2) is 0 Å². The van der Waals surface area contributed by atoms with Crippen LogP contribution in [0.25, 0.3) is 0 Å². The molecule has 1 aromatic carbocycles. The maximum Gasteiger partial charge on any atom is 0.214 e. The van der Waals surface area contributed by atoms with Gasteiger partial charge < -0.3 is 4.90 Å². The molecule has 1 aliphatic rings. The Labute approximate surface area is 109 Å². The Morgan fingerprint density at radius 1 is 1.22 bits per heavy atom. The molecule has 5 heteroatoms. The zero-order valence-corrected chi connectivity index (χ0v) is 11.5. The highest BCUT2D eigenvalue weighted by molar-refractivity contribution is 7.90. The number of piperidine rings is 1. The van der Waals surface area contributed by atoms with Crippen LogP contribution in [0.15, 0.2) is 30.3 Å². The summed E-state index contributed by atoms with van der Waals surface area (Å²) in [7, 11) is -1.15. The molecule has 1 fully saturated rings. The van der Waals surface area contributed by atoms with E-state index in [2.05, 4.69) is 9.62 Å². The molecule has 1 heterocycles. The summed E-state index contributed by atoms with van der Waals surface area (Å²) in [6.45, 7) is 2.10. The van der Waals surface area contributed by atoms with Gasteiger partial charge in [-0.3, -0.25) is 0 Å². The van der Waals surface area contributed by atoms with E-state index in [0.29, 0.717) is 6.54 Å². The summed E-state index contributed by atoms with van der Waals surface area (Å²) in [4.78, 5) is 2.17. The van der Waals surface area contributed by atoms with E-state index < -0.39 is 10.0 Å². The molecule has 0 aliphatic carbocycles. The average Bonchev–Trinajstić information content (AvgIpc) is 2.38. The largest absolute Gasteiger partial charge is 0.306 e. The van der Waals surface area contributed by atoms with Gasteiger partial charge in [-0.05, 0) is 38.5 Å². The van der Waals surface area contributed by atoms with Crippen LogP contribution in [0.1, 0.15) is 18.4 Å². The fourth-order valence-corrected chi connectivity index (χ4v) is 3.63. The summed E-state index contributed by atoms with van der Waals surface area (Å²) in [6, 6.07) is 9.61. The minimum Gasteiger partial charge on any atom is -0.306 e. The van der Waals surface area contributed by atoms with Crippen molar-refractivity contribution in [2.75, 3.05) is 20.1 Å². The standard InChI is InChI=1S/C13H20N2O2S/c1-15-9-7-13(8-10-15)18(16,17)14-11-12-5-3-2-4-6-12/h2-6,13-14H,7-11H2,1H3. The van der Waals surface area contributed by atoms with Gasteiger partial charge in [-0.1, -0.05) is 30.3 Å². The second-order valence-electron chi connectivity index (χ2n) is 4.85. The lowest BCUT2D eigenvalue weighted by Crippen LogP contribution is -2.42. The van der Waals surface area contributed by atoms with Gasteiger partial charge in [0.25, 0.3) is 0 Å².